The SMILES string of the molecule is O=C(CCS(=O)(=O)c1ccc2c(c1)CCC2)N(Cc1ccccc1[N+](=O)[O-])CC(F)(F)F. The number of benzene rings is 2. The third-order valence-corrected chi connectivity index (χ3v) is 7.00. The van der Waals surface area contributed by atoms with Crippen molar-refractivity contribution in [3.63, 3.8) is 0 Å². The molecule has 2 aromatic rings. The van der Waals surface area contributed by atoms with Crippen molar-refractivity contribution in [1.82, 2.24) is 4.90 Å². The maximum atomic E-state index is 13.0. The first-order chi connectivity index (χ1) is 15.0. The lowest BCUT2D eigenvalue weighted by atomic mass is 10.1. The Morgan fingerprint density at radius 3 is 2.47 bits per heavy atom. The number of carbonyl (C=O) groups is 1. The predicted octanol–water partition coefficient (Wildman–Crippen LogP) is 3.84. The summed E-state index contributed by atoms with van der Waals surface area (Å²) in [4.78, 5) is 23.4. The van der Waals surface area contributed by atoms with Crippen molar-refractivity contribution in [3.05, 3.63) is 69.3 Å². The van der Waals surface area contributed by atoms with E-state index in [4.69, 9.17) is 0 Å². The summed E-state index contributed by atoms with van der Waals surface area (Å²) in [6.07, 6.45) is -2.87. The first-order valence-electron chi connectivity index (χ1n) is 9.88. The molecule has 32 heavy (non-hydrogen) atoms. The second-order valence-corrected chi connectivity index (χ2v) is 9.71. The van der Waals surface area contributed by atoms with E-state index in [-0.39, 0.29) is 10.5 Å². The van der Waals surface area contributed by atoms with Crippen molar-refractivity contribution in [3.8, 4) is 0 Å². The molecule has 0 atom stereocenters. The molecular weight excluding hydrogens is 449 g/mol. The molecule has 0 saturated heterocycles. The molecule has 1 aliphatic rings. The molecule has 0 radical (unpaired) electrons. The van der Waals surface area contributed by atoms with Gasteiger partial charge in [0.1, 0.15) is 6.54 Å². The van der Waals surface area contributed by atoms with E-state index in [0.717, 1.165) is 36.5 Å². The van der Waals surface area contributed by atoms with Gasteiger partial charge in [0.05, 0.1) is 22.1 Å². The quantitative estimate of drug-likeness (QED) is 0.431. The van der Waals surface area contributed by atoms with Crippen LogP contribution < -0.4 is 0 Å². The Balaban J connectivity index is 1.76. The Morgan fingerprint density at radius 1 is 1.09 bits per heavy atom. The van der Waals surface area contributed by atoms with E-state index in [1.165, 1.54) is 24.3 Å². The number of hydrogen-bond donors (Lipinski definition) is 0. The van der Waals surface area contributed by atoms with Gasteiger partial charge in [-0.25, -0.2) is 8.42 Å². The summed E-state index contributed by atoms with van der Waals surface area (Å²) < 4.78 is 64.5. The third kappa shape index (κ3) is 5.84. The minimum Gasteiger partial charge on any atom is -0.329 e. The Morgan fingerprint density at radius 2 is 1.78 bits per heavy atom. The van der Waals surface area contributed by atoms with Gasteiger partial charge in [0.2, 0.25) is 5.91 Å². The number of carbonyl (C=O) groups excluding carboxylic acids is 1. The van der Waals surface area contributed by atoms with Crippen LogP contribution >= 0.6 is 0 Å². The summed E-state index contributed by atoms with van der Waals surface area (Å²) in [7, 11) is -3.89. The van der Waals surface area contributed by atoms with Gasteiger partial charge in [-0.15, -0.1) is 0 Å². The molecule has 0 aromatic heterocycles. The molecule has 0 fully saturated rings. The molecule has 0 saturated carbocycles. The average Bonchev–Trinajstić information content (AvgIpc) is 3.19. The van der Waals surface area contributed by atoms with Gasteiger partial charge in [-0.3, -0.25) is 14.9 Å². The number of nitrogens with zero attached hydrogens (tertiary/aromatic N) is 2. The molecule has 172 valence electrons. The smallest absolute Gasteiger partial charge is 0.329 e. The fourth-order valence-corrected chi connectivity index (χ4v) is 4.99. The van der Waals surface area contributed by atoms with E-state index in [1.807, 2.05) is 0 Å². The zero-order valence-electron chi connectivity index (χ0n) is 17.0. The predicted molar refractivity (Wildman–Crippen MR) is 110 cm³/mol. The highest BCUT2D eigenvalue weighted by atomic mass is 32.2. The number of hydrogen-bond acceptors (Lipinski definition) is 5. The van der Waals surface area contributed by atoms with Crippen LogP contribution in [-0.4, -0.2) is 42.6 Å². The number of aryl methyl sites for hydroxylation is 2. The summed E-state index contributed by atoms with van der Waals surface area (Å²) >= 11 is 0. The number of para-hydroxylation sites is 1. The summed E-state index contributed by atoms with van der Waals surface area (Å²) in [5.74, 6) is -1.71. The number of halogens is 3. The van der Waals surface area contributed by atoms with Gasteiger partial charge in [0.15, 0.2) is 9.84 Å². The van der Waals surface area contributed by atoms with Crippen molar-refractivity contribution in [1.29, 1.82) is 0 Å². The number of nitro groups is 1. The molecule has 1 aliphatic carbocycles. The Bertz CT molecular complexity index is 1130. The van der Waals surface area contributed by atoms with Crippen molar-refractivity contribution < 1.29 is 31.3 Å². The highest BCUT2D eigenvalue weighted by Gasteiger charge is 2.34. The fourth-order valence-electron chi connectivity index (χ4n) is 3.72. The number of alkyl halides is 3. The molecule has 0 unspecified atom stereocenters. The highest BCUT2D eigenvalue weighted by Crippen LogP contribution is 2.26. The van der Waals surface area contributed by atoms with Gasteiger partial charge in [-0.1, -0.05) is 24.3 Å². The molecule has 11 heteroatoms. The number of nitro benzene ring substituents is 1. The van der Waals surface area contributed by atoms with Crippen LogP contribution in [0.2, 0.25) is 0 Å². The minimum atomic E-state index is -4.75. The minimum absolute atomic E-state index is 0.0343. The first kappa shape index (κ1) is 23.7. The molecule has 3 rings (SSSR count). The van der Waals surface area contributed by atoms with Crippen molar-refractivity contribution in [2.75, 3.05) is 12.3 Å². The van der Waals surface area contributed by atoms with E-state index in [2.05, 4.69) is 0 Å². The zero-order chi connectivity index (χ0) is 23.5. The lowest BCUT2D eigenvalue weighted by Crippen LogP contribution is -2.39. The largest absolute Gasteiger partial charge is 0.406 e. The maximum Gasteiger partial charge on any atom is 0.406 e. The Hall–Kier alpha value is -2.95. The van der Waals surface area contributed by atoms with Gasteiger partial charge in [-0.2, -0.15) is 13.2 Å². The number of fused-ring (bicyclic) bond motifs is 1. The average molecular weight is 470 g/mol. The van der Waals surface area contributed by atoms with Crippen LogP contribution in [-0.2, 0) is 34.0 Å². The van der Waals surface area contributed by atoms with Crippen LogP contribution in [0, 0.1) is 10.1 Å². The number of amides is 1. The lowest BCUT2D eigenvalue weighted by molar-refractivity contribution is -0.385. The van der Waals surface area contributed by atoms with Crippen molar-refractivity contribution >= 4 is 21.4 Å². The topological polar surface area (TPSA) is 97.6 Å². The normalized spacial score (nSPS) is 13.6. The molecule has 2 aromatic carbocycles. The zero-order valence-corrected chi connectivity index (χ0v) is 17.8. The molecule has 0 N–H and O–H groups in total. The molecule has 0 spiro atoms. The van der Waals surface area contributed by atoms with E-state index in [9.17, 15) is 36.5 Å². The monoisotopic (exact) mass is 470 g/mol. The van der Waals surface area contributed by atoms with E-state index >= 15 is 0 Å². The van der Waals surface area contributed by atoms with Crippen LogP contribution in [0.25, 0.3) is 0 Å². The highest BCUT2D eigenvalue weighted by molar-refractivity contribution is 7.91. The van der Waals surface area contributed by atoms with Gasteiger partial charge in [0, 0.05) is 18.1 Å². The number of sulfone groups is 1. The molecule has 7 nitrogen and oxygen atoms in total. The van der Waals surface area contributed by atoms with Crippen molar-refractivity contribution in [2.45, 2.75) is 43.3 Å². The fraction of sp³-hybridized carbons (Fsp3) is 0.381. The molecule has 0 aliphatic heterocycles. The standard InChI is InChI=1S/C21H21F3N2O5S/c22-21(23,24)14-25(13-17-4-1-2-7-19(17)26(28)29)20(27)10-11-32(30,31)18-9-8-15-5-3-6-16(15)12-18/h1-2,4,7-9,12H,3,5-6,10-11,13-14H2. The summed E-state index contributed by atoms with van der Waals surface area (Å²) in [6, 6.07) is 9.90. The lowest BCUT2D eigenvalue weighted by Gasteiger charge is -2.24. The molecular formula is C21H21F3N2O5S. The first-order valence-corrected chi connectivity index (χ1v) is 11.5. The molecule has 0 heterocycles. The van der Waals surface area contributed by atoms with E-state index in [0.29, 0.717) is 4.90 Å². The Labute approximate surface area is 182 Å². The third-order valence-electron chi connectivity index (χ3n) is 5.29. The van der Waals surface area contributed by atoms with Gasteiger partial charge in [-0.05, 0) is 42.5 Å². The van der Waals surface area contributed by atoms with Gasteiger partial charge < -0.3 is 4.90 Å². The van der Waals surface area contributed by atoms with Crippen molar-refractivity contribution in [2.24, 2.45) is 0 Å². The maximum absolute atomic E-state index is 13.0. The van der Waals surface area contributed by atoms with Gasteiger partial charge in [0.25, 0.3) is 5.69 Å². The van der Waals surface area contributed by atoms with Gasteiger partial charge >= 0.3 is 6.18 Å². The summed E-state index contributed by atoms with van der Waals surface area (Å²) in [5.41, 5.74) is 1.50. The van der Waals surface area contributed by atoms with Crippen LogP contribution in [0.3, 0.4) is 0 Å². The summed E-state index contributed by atoms with van der Waals surface area (Å²) in [6.45, 7) is -2.30. The van der Waals surface area contributed by atoms with Crippen LogP contribution in [0.1, 0.15) is 29.5 Å². The van der Waals surface area contributed by atoms with E-state index in [1.54, 1.807) is 12.1 Å². The van der Waals surface area contributed by atoms with E-state index < -0.39 is 57.8 Å². The second kappa shape index (κ2) is 9.27. The second-order valence-electron chi connectivity index (χ2n) is 7.60. The van der Waals surface area contributed by atoms with Crippen LogP contribution in [0.4, 0.5) is 18.9 Å². The number of rotatable bonds is 8. The Kier molecular flexibility index (Phi) is 6.87. The summed E-state index contributed by atoms with van der Waals surface area (Å²) in [5, 5.41) is 11.2. The van der Waals surface area contributed by atoms with Crippen LogP contribution in [0.5, 0.6) is 0 Å². The molecule has 0 bridgehead atoms. The van der Waals surface area contributed by atoms with Crippen LogP contribution in [0.15, 0.2) is 47.4 Å². The molecule has 1 amide bonds.